The highest BCUT2D eigenvalue weighted by Crippen LogP contribution is 2.09. The molecule has 0 amide bonds. The van der Waals surface area contributed by atoms with Crippen LogP contribution in [0.1, 0.15) is 50.2 Å². The van der Waals surface area contributed by atoms with E-state index >= 15 is 0 Å². The van der Waals surface area contributed by atoms with Crippen LogP contribution in [-0.2, 0) is 12.8 Å². The Hall–Kier alpha value is -1.58. The number of unbranched alkanes of at least 4 members (excludes halogenated alkanes) is 5. The largest absolute Gasteiger partial charge is 0.349 e. The van der Waals surface area contributed by atoms with Gasteiger partial charge < -0.3 is 9.97 Å². The molecule has 2 N–H and O–H groups in total. The summed E-state index contributed by atoms with van der Waals surface area (Å²) in [5, 5.41) is 0. The van der Waals surface area contributed by atoms with E-state index < -0.39 is 0 Å². The third-order valence-electron chi connectivity index (χ3n) is 3.19. The zero-order valence-corrected chi connectivity index (χ0v) is 10.9. The molecule has 2 aromatic rings. The molecule has 18 heavy (non-hydrogen) atoms. The number of rotatable bonds is 9. The van der Waals surface area contributed by atoms with Crippen LogP contribution in [0.25, 0.3) is 0 Å². The molecule has 2 aromatic heterocycles. The van der Waals surface area contributed by atoms with Gasteiger partial charge >= 0.3 is 0 Å². The Bertz CT molecular complexity index is 351. The van der Waals surface area contributed by atoms with E-state index in [9.17, 15) is 0 Å². The van der Waals surface area contributed by atoms with Crippen molar-refractivity contribution in [3.8, 4) is 0 Å². The number of aromatic amines is 2. The van der Waals surface area contributed by atoms with Crippen LogP contribution in [0.5, 0.6) is 0 Å². The van der Waals surface area contributed by atoms with Crippen LogP contribution < -0.4 is 0 Å². The van der Waals surface area contributed by atoms with Crippen molar-refractivity contribution in [3.63, 3.8) is 0 Å². The number of nitrogens with one attached hydrogen (secondary N) is 2. The molecule has 0 saturated carbocycles. The van der Waals surface area contributed by atoms with E-state index in [4.69, 9.17) is 0 Å². The van der Waals surface area contributed by atoms with E-state index in [2.05, 4.69) is 19.9 Å². The van der Waals surface area contributed by atoms with Crippen LogP contribution in [0.3, 0.4) is 0 Å². The van der Waals surface area contributed by atoms with E-state index in [-0.39, 0.29) is 0 Å². The molecule has 4 nitrogen and oxygen atoms in total. The normalized spacial score (nSPS) is 10.9. The van der Waals surface area contributed by atoms with Gasteiger partial charge in [-0.15, -0.1) is 0 Å². The average molecular weight is 246 g/mol. The highest BCUT2D eigenvalue weighted by Gasteiger charge is 1.97. The number of aromatic nitrogens is 4. The molecule has 0 bridgehead atoms. The second kappa shape index (κ2) is 7.69. The van der Waals surface area contributed by atoms with Crippen molar-refractivity contribution in [1.82, 2.24) is 19.9 Å². The fourth-order valence-corrected chi connectivity index (χ4v) is 2.16. The predicted octanol–water partition coefficient (Wildman–Crippen LogP) is 3.26. The Morgan fingerprint density at radius 2 is 1.11 bits per heavy atom. The van der Waals surface area contributed by atoms with Crippen LogP contribution >= 0.6 is 0 Å². The van der Waals surface area contributed by atoms with Gasteiger partial charge in [0.05, 0.1) is 0 Å². The van der Waals surface area contributed by atoms with Gasteiger partial charge in [0, 0.05) is 37.6 Å². The summed E-state index contributed by atoms with van der Waals surface area (Å²) in [6, 6.07) is 0. The molecule has 0 fully saturated rings. The van der Waals surface area contributed by atoms with Crippen LogP contribution in [-0.4, -0.2) is 19.9 Å². The van der Waals surface area contributed by atoms with Gasteiger partial charge in [0.15, 0.2) is 0 Å². The van der Waals surface area contributed by atoms with Gasteiger partial charge in [-0.1, -0.05) is 25.7 Å². The topological polar surface area (TPSA) is 57.4 Å². The minimum absolute atomic E-state index is 1.08. The molecule has 0 unspecified atom stereocenters. The number of aryl methyl sites for hydroxylation is 2. The lowest BCUT2D eigenvalue weighted by molar-refractivity contribution is 0.585. The monoisotopic (exact) mass is 246 g/mol. The van der Waals surface area contributed by atoms with Crippen LogP contribution in [0.4, 0.5) is 0 Å². The molecule has 2 heterocycles. The zero-order valence-electron chi connectivity index (χ0n) is 10.9. The van der Waals surface area contributed by atoms with Crippen molar-refractivity contribution in [3.05, 3.63) is 36.4 Å². The molecular weight excluding hydrogens is 224 g/mol. The number of imidazole rings is 2. The molecule has 0 radical (unpaired) electrons. The zero-order chi connectivity index (χ0) is 12.5. The Morgan fingerprint density at radius 1 is 0.667 bits per heavy atom. The maximum Gasteiger partial charge on any atom is 0.105 e. The number of hydrogen-bond donors (Lipinski definition) is 2. The van der Waals surface area contributed by atoms with E-state index in [0.717, 1.165) is 24.5 Å². The summed E-state index contributed by atoms with van der Waals surface area (Å²) in [6.45, 7) is 0. The third kappa shape index (κ3) is 4.73. The lowest BCUT2D eigenvalue weighted by Crippen LogP contribution is -1.90. The molecule has 0 saturated heterocycles. The number of H-pyrrole nitrogens is 2. The summed E-state index contributed by atoms with van der Waals surface area (Å²) >= 11 is 0. The third-order valence-corrected chi connectivity index (χ3v) is 3.19. The summed E-state index contributed by atoms with van der Waals surface area (Å²) in [6.07, 6.45) is 17.4. The fourth-order valence-electron chi connectivity index (χ4n) is 2.16. The molecule has 0 spiro atoms. The van der Waals surface area contributed by atoms with Crippen molar-refractivity contribution >= 4 is 0 Å². The molecular formula is C14H22N4. The fraction of sp³-hybridized carbons (Fsp3) is 0.571. The summed E-state index contributed by atoms with van der Waals surface area (Å²) in [7, 11) is 0. The Kier molecular flexibility index (Phi) is 5.50. The first-order chi connectivity index (χ1) is 8.95. The van der Waals surface area contributed by atoms with Gasteiger partial charge in [0.25, 0.3) is 0 Å². The quantitative estimate of drug-likeness (QED) is 0.667. The van der Waals surface area contributed by atoms with Crippen molar-refractivity contribution in [2.75, 3.05) is 0 Å². The van der Waals surface area contributed by atoms with Gasteiger partial charge in [-0.25, -0.2) is 9.97 Å². The lowest BCUT2D eigenvalue weighted by atomic mass is 10.1. The molecule has 0 aliphatic carbocycles. The standard InChI is InChI=1S/C14H22N4/c1(3-5-7-13-15-9-10-16-13)2-4-6-8-14-17-11-12-18-14/h9-12H,1-8H2,(H,15,16)(H,17,18). The summed E-state index contributed by atoms with van der Waals surface area (Å²) in [5.74, 6) is 2.24. The average Bonchev–Trinajstić information content (AvgIpc) is 3.05. The second-order valence-corrected chi connectivity index (χ2v) is 4.69. The Morgan fingerprint density at radius 3 is 1.50 bits per heavy atom. The molecule has 4 heteroatoms. The maximum atomic E-state index is 4.23. The molecule has 0 aliphatic heterocycles. The summed E-state index contributed by atoms with van der Waals surface area (Å²) in [4.78, 5) is 14.7. The summed E-state index contributed by atoms with van der Waals surface area (Å²) < 4.78 is 0. The van der Waals surface area contributed by atoms with Gasteiger partial charge in [-0.3, -0.25) is 0 Å². The molecule has 2 rings (SSSR count). The van der Waals surface area contributed by atoms with Crippen LogP contribution in [0, 0.1) is 0 Å². The molecule has 0 atom stereocenters. The van der Waals surface area contributed by atoms with Gasteiger partial charge in [-0.2, -0.15) is 0 Å². The van der Waals surface area contributed by atoms with Crippen molar-refractivity contribution < 1.29 is 0 Å². The minimum atomic E-state index is 1.08. The Balaban J connectivity index is 1.40. The van der Waals surface area contributed by atoms with Gasteiger partial charge in [0.2, 0.25) is 0 Å². The first-order valence-electron chi connectivity index (χ1n) is 6.91. The first kappa shape index (κ1) is 12.9. The molecule has 0 aliphatic rings. The molecule has 98 valence electrons. The smallest absolute Gasteiger partial charge is 0.105 e. The van der Waals surface area contributed by atoms with E-state index in [0.29, 0.717) is 0 Å². The second-order valence-electron chi connectivity index (χ2n) is 4.69. The maximum absolute atomic E-state index is 4.23. The minimum Gasteiger partial charge on any atom is -0.349 e. The van der Waals surface area contributed by atoms with Crippen LogP contribution in [0.15, 0.2) is 24.8 Å². The highest BCUT2D eigenvalue weighted by atomic mass is 14.9. The van der Waals surface area contributed by atoms with Crippen molar-refractivity contribution in [1.29, 1.82) is 0 Å². The van der Waals surface area contributed by atoms with Crippen LogP contribution in [0.2, 0.25) is 0 Å². The highest BCUT2D eigenvalue weighted by molar-refractivity contribution is 4.87. The number of nitrogens with zero attached hydrogens (tertiary/aromatic N) is 2. The van der Waals surface area contributed by atoms with Gasteiger partial charge in [0.1, 0.15) is 11.6 Å². The Labute approximate surface area is 108 Å². The van der Waals surface area contributed by atoms with Crippen molar-refractivity contribution in [2.24, 2.45) is 0 Å². The predicted molar refractivity (Wildman–Crippen MR) is 72.3 cm³/mol. The van der Waals surface area contributed by atoms with Crippen molar-refractivity contribution in [2.45, 2.75) is 51.4 Å². The SMILES string of the molecule is c1c[nH]c(CCCCCCCCc2ncc[nH]2)n1. The number of hydrogen-bond acceptors (Lipinski definition) is 2. The molecule has 0 aromatic carbocycles. The first-order valence-corrected chi connectivity index (χ1v) is 6.91. The van der Waals surface area contributed by atoms with Gasteiger partial charge in [-0.05, 0) is 12.8 Å². The lowest BCUT2D eigenvalue weighted by Gasteiger charge is -2.00. The van der Waals surface area contributed by atoms with E-state index in [1.165, 1.54) is 38.5 Å². The van der Waals surface area contributed by atoms with E-state index in [1.54, 1.807) is 0 Å². The summed E-state index contributed by atoms with van der Waals surface area (Å²) in [5.41, 5.74) is 0. The van der Waals surface area contributed by atoms with E-state index in [1.807, 2.05) is 24.8 Å².